The third kappa shape index (κ3) is 4.35. The molecular formula is C10H17OP. The first-order valence-corrected chi connectivity index (χ1v) is 6.18. The van der Waals surface area contributed by atoms with Crippen LogP contribution in [0, 0.1) is 0 Å². The third-order valence-corrected chi connectivity index (χ3v) is 4.05. The molecule has 0 unspecified atom stereocenters. The minimum absolute atomic E-state index is 0.700. The van der Waals surface area contributed by atoms with Gasteiger partial charge in [-0.3, -0.25) is 0 Å². The molecule has 0 atom stereocenters. The van der Waals surface area contributed by atoms with Crippen LogP contribution in [0.5, 0.6) is 0 Å². The maximum Gasteiger partial charge on any atom is 0.129 e. The lowest BCUT2D eigenvalue weighted by molar-refractivity contribution is 0.586. The Hall–Kier alpha value is -0.550. The van der Waals surface area contributed by atoms with Crippen molar-refractivity contribution in [2.24, 2.45) is 0 Å². The maximum atomic E-state index is 12.0. The van der Waals surface area contributed by atoms with Gasteiger partial charge < -0.3 is 4.57 Å². The van der Waals surface area contributed by atoms with E-state index >= 15 is 0 Å². The van der Waals surface area contributed by atoms with Crippen molar-refractivity contribution < 1.29 is 4.57 Å². The summed E-state index contributed by atoms with van der Waals surface area (Å²) in [5.41, 5.74) is 0. The van der Waals surface area contributed by atoms with E-state index in [2.05, 4.69) is 6.58 Å². The summed E-state index contributed by atoms with van der Waals surface area (Å²) in [4.78, 5) is 0. The van der Waals surface area contributed by atoms with E-state index in [1.165, 1.54) is 0 Å². The largest absolute Gasteiger partial charge is 0.315 e. The molecule has 0 amide bonds. The highest BCUT2D eigenvalue weighted by Gasteiger charge is 2.11. The van der Waals surface area contributed by atoms with E-state index in [1.807, 2.05) is 26.0 Å². The molecule has 0 saturated carbocycles. The summed E-state index contributed by atoms with van der Waals surface area (Å²) in [5.74, 6) is 3.60. The molecule has 12 heavy (non-hydrogen) atoms. The molecule has 0 bridgehead atoms. The summed E-state index contributed by atoms with van der Waals surface area (Å²) < 4.78 is 12.0. The van der Waals surface area contributed by atoms with Crippen LogP contribution in [0.1, 0.15) is 20.3 Å². The molecule has 0 aromatic carbocycles. The van der Waals surface area contributed by atoms with Crippen LogP contribution in [0.25, 0.3) is 0 Å². The summed E-state index contributed by atoms with van der Waals surface area (Å²) in [5, 5.41) is 0. The van der Waals surface area contributed by atoms with Gasteiger partial charge in [-0.25, -0.2) is 0 Å². The average Bonchev–Trinajstić information content (AvgIpc) is 2.02. The van der Waals surface area contributed by atoms with Gasteiger partial charge in [0.25, 0.3) is 0 Å². The molecule has 68 valence electrons. The van der Waals surface area contributed by atoms with Gasteiger partial charge in [0.1, 0.15) is 7.14 Å². The average molecular weight is 184 g/mol. The zero-order valence-corrected chi connectivity index (χ0v) is 8.76. The Morgan fingerprint density at radius 3 is 2.08 bits per heavy atom. The predicted molar refractivity (Wildman–Crippen MR) is 56.9 cm³/mol. The Balaban J connectivity index is 4.39. The number of allylic oxidation sites excluding steroid dienone is 3. The Bertz CT molecular complexity index is 210. The first-order valence-electron chi connectivity index (χ1n) is 4.15. The Kier molecular flexibility index (Phi) is 5.74. The van der Waals surface area contributed by atoms with Crippen LogP contribution in [0.2, 0.25) is 0 Å². The Morgan fingerprint density at radius 1 is 1.25 bits per heavy atom. The van der Waals surface area contributed by atoms with E-state index in [0.29, 0.717) is 6.16 Å². The summed E-state index contributed by atoms with van der Waals surface area (Å²) in [6.45, 7) is 7.40. The van der Waals surface area contributed by atoms with Gasteiger partial charge in [0.05, 0.1) is 0 Å². The number of rotatable bonds is 5. The molecule has 0 rings (SSSR count). The van der Waals surface area contributed by atoms with Crippen LogP contribution in [0.15, 0.2) is 36.4 Å². The summed E-state index contributed by atoms with van der Waals surface area (Å²) in [7, 11) is -2.17. The second-order valence-corrected chi connectivity index (χ2v) is 5.37. The van der Waals surface area contributed by atoms with Crippen molar-refractivity contribution in [3.8, 4) is 0 Å². The van der Waals surface area contributed by atoms with Crippen molar-refractivity contribution in [3.05, 3.63) is 36.4 Å². The van der Waals surface area contributed by atoms with Crippen LogP contribution < -0.4 is 0 Å². The monoisotopic (exact) mass is 184 g/mol. The fraction of sp³-hybridized carbons (Fsp3) is 0.400. The van der Waals surface area contributed by atoms with E-state index in [-0.39, 0.29) is 0 Å². The van der Waals surface area contributed by atoms with Crippen molar-refractivity contribution in [1.29, 1.82) is 0 Å². The van der Waals surface area contributed by atoms with Crippen LogP contribution >= 0.6 is 7.14 Å². The normalized spacial score (nSPS) is 12.8. The Morgan fingerprint density at radius 2 is 1.75 bits per heavy atom. The van der Waals surface area contributed by atoms with Crippen molar-refractivity contribution in [2.45, 2.75) is 20.3 Å². The first-order chi connectivity index (χ1) is 5.68. The topological polar surface area (TPSA) is 17.1 Å². The third-order valence-electron chi connectivity index (χ3n) is 1.49. The summed E-state index contributed by atoms with van der Waals surface area (Å²) in [6.07, 6.45) is 7.02. The zero-order valence-electron chi connectivity index (χ0n) is 7.86. The van der Waals surface area contributed by atoms with Gasteiger partial charge in [-0.05, 0) is 31.9 Å². The molecule has 0 spiro atoms. The van der Waals surface area contributed by atoms with Crippen LogP contribution in [-0.4, -0.2) is 6.16 Å². The molecular weight excluding hydrogens is 167 g/mol. The minimum Gasteiger partial charge on any atom is -0.315 e. The zero-order chi connectivity index (χ0) is 9.45. The van der Waals surface area contributed by atoms with Crippen molar-refractivity contribution in [2.75, 3.05) is 6.16 Å². The maximum absolute atomic E-state index is 12.0. The lowest BCUT2D eigenvalue weighted by Crippen LogP contribution is -1.81. The fourth-order valence-corrected chi connectivity index (χ4v) is 2.99. The number of hydrogen-bond acceptors (Lipinski definition) is 1. The van der Waals surface area contributed by atoms with E-state index in [9.17, 15) is 4.57 Å². The fourth-order valence-electron chi connectivity index (χ4n) is 0.996. The van der Waals surface area contributed by atoms with Crippen molar-refractivity contribution in [1.82, 2.24) is 0 Å². The molecule has 0 aromatic rings. The molecule has 0 saturated heterocycles. The smallest absolute Gasteiger partial charge is 0.129 e. The SMILES string of the molecule is C=CCCP(=O)(/C=C/C)/C=C/C. The lowest BCUT2D eigenvalue weighted by Gasteiger charge is -2.06. The highest BCUT2D eigenvalue weighted by Crippen LogP contribution is 2.49. The van der Waals surface area contributed by atoms with E-state index in [1.54, 1.807) is 17.7 Å². The van der Waals surface area contributed by atoms with E-state index < -0.39 is 7.14 Å². The molecule has 0 radical (unpaired) electrons. The standard InChI is InChI=1S/C10H17OP/c1-4-7-10-12(11,8-5-2)9-6-3/h4-6,8-9H,1,7,10H2,2-3H3/b8-5+,9-6+. The second-order valence-electron chi connectivity index (χ2n) is 2.62. The van der Waals surface area contributed by atoms with Gasteiger partial charge in [-0.15, -0.1) is 6.58 Å². The quantitative estimate of drug-likeness (QED) is 0.466. The summed E-state index contributed by atoms with van der Waals surface area (Å²) in [6, 6.07) is 0. The van der Waals surface area contributed by atoms with Gasteiger partial charge in [-0.2, -0.15) is 0 Å². The van der Waals surface area contributed by atoms with E-state index in [4.69, 9.17) is 0 Å². The summed E-state index contributed by atoms with van der Waals surface area (Å²) >= 11 is 0. The highest BCUT2D eigenvalue weighted by molar-refractivity contribution is 7.70. The Labute approximate surface area is 75.2 Å². The minimum atomic E-state index is -2.17. The second kappa shape index (κ2) is 6.02. The lowest BCUT2D eigenvalue weighted by atomic mass is 10.5. The molecule has 0 aliphatic carbocycles. The molecule has 1 nitrogen and oxygen atoms in total. The molecule has 2 heteroatoms. The van der Waals surface area contributed by atoms with Gasteiger partial charge in [0, 0.05) is 6.16 Å². The van der Waals surface area contributed by atoms with Gasteiger partial charge in [-0.1, -0.05) is 18.2 Å². The molecule has 0 aliphatic heterocycles. The highest BCUT2D eigenvalue weighted by atomic mass is 31.2. The van der Waals surface area contributed by atoms with Gasteiger partial charge >= 0.3 is 0 Å². The molecule has 0 heterocycles. The van der Waals surface area contributed by atoms with Gasteiger partial charge in [0.15, 0.2) is 0 Å². The van der Waals surface area contributed by atoms with Crippen molar-refractivity contribution in [3.63, 3.8) is 0 Å². The molecule has 0 N–H and O–H groups in total. The molecule has 0 aliphatic rings. The molecule has 0 fully saturated rings. The first kappa shape index (κ1) is 11.4. The van der Waals surface area contributed by atoms with E-state index in [0.717, 1.165) is 6.42 Å². The number of hydrogen-bond donors (Lipinski definition) is 0. The van der Waals surface area contributed by atoms with Crippen molar-refractivity contribution >= 4 is 7.14 Å². The van der Waals surface area contributed by atoms with Crippen LogP contribution in [-0.2, 0) is 4.57 Å². The van der Waals surface area contributed by atoms with Gasteiger partial charge in [0.2, 0.25) is 0 Å². The molecule has 0 aromatic heterocycles. The van der Waals surface area contributed by atoms with Crippen LogP contribution in [0.3, 0.4) is 0 Å². The van der Waals surface area contributed by atoms with Crippen LogP contribution in [0.4, 0.5) is 0 Å². The predicted octanol–water partition coefficient (Wildman–Crippen LogP) is 3.99.